The Bertz CT molecular complexity index is 911. The SMILES string of the molecule is O=C(CSc1nnc(-c2cccnc2)n1-c1ccccc1)NCC1CCCO1. The number of hydrogen-bond donors (Lipinski definition) is 1. The molecule has 1 fully saturated rings. The van der Waals surface area contributed by atoms with Crippen molar-refractivity contribution in [2.45, 2.75) is 24.1 Å². The lowest BCUT2D eigenvalue weighted by Crippen LogP contribution is -2.32. The van der Waals surface area contributed by atoms with Gasteiger partial charge in [0, 0.05) is 36.8 Å². The van der Waals surface area contributed by atoms with Crippen molar-refractivity contribution in [3.63, 3.8) is 0 Å². The summed E-state index contributed by atoms with van der Waals surface area (Å²) < 4.78 is 7.49. The standard InChI is InChI=1S/C20H21N5O2S/c26-18(22-13-17-9-5-11-27-17)14-28-20-24-23-19(15-6-4-10-21-12-15)25(20)16-7-2-1-3-8-16/h1-4,6-8,10,12,17H,5,9,11,13-14H2,(H,22,26). The van der Waals surface area contributed by atoms with Crippen molar-refractivity contribution in [1.29, 1.82) is 0 Å². The number of nitrogens with one attached hydrogen (secondary N) is 1. The molecule has 1 unspecified atom stereocenters. The largest absolute Gasteiger partial charge is 0.376 e. The molecule has 144 valence electrons. The minimum atomic E-state index is -0.0361. The van der Waals surface area contributed by atoms with Crippen molar-refractivity contribution in [2.24, 2.45) is 0 Å². The lowest BCUT2D eigenvalue weighted by atomic mass is 10.2. The van der Waals surface area contributed by atoms with Crippen LogP contribution in [0.2, 0.25) is 0 Å². The number of carbonyl (C=O) groups excluding carboxylic acids is 1. The number of ether oxygens (including phenoxy) is 1. The van der Waals surface area contributed by atoms with Gasteiger partial charge in [-0.25, -0.2) is 0 Å². The van der Waals surface area contributed by atoms with Crippen LogP contribution in [0.15, 0.2) is 60.0 Å². The summed E-state index contributed by atoms with van der Waals surface area (Å²) in [5.74, 6) is 0.928. The van der Waals surface area contributed by atoms with Gasteiger partial charge in [-0.2, -0.15) is 0 Å². The second-order valence-electron chi connectivity index (χ2n) is 6.45. The molecule has 0 radical (unpaired) electrons. The molecule has 1 aromatic carbocycles. The number of pyridine rings is 1. The highest BCUT2D eigenvalue weighted by Gasteiger charge is 2.19. The number of aromatic nitrogens is 4. The quantitative estimate of drug-likeness (QED) is 0.620. The van der Waals surface area contributed by atoms with E-state index in [9.17, 15) is 4.79 Å². The number of carbonyl (C=O) groups is 1. The van der Waals surface area contributed by atoms with Crippen LogP contribution in [0.4, 0.5) is 0 Å². The number of para-hydroxylation sites is 1. The van der Waals surface area contributed by atoms with E-state index in [2.05, 4.69) is 20.5 Å². The van der Waals surface area contributed by atoms with Gasteiger partial charge in [-0.05, 0) is 37.1 Å². The van der Waals surface area contributed by atoms with Crippen LogP contribution in [-0.2, 0) is 9.53 Å². The van der Waals surface area contributed by atoms with Crippen LogP contribution in [0.3, 0.4) is 0 Å². The first kappa shape index (κ1) is 18.6. The van der Waals surface area contributed by atoms with E-state index in [-0.39, 0.29) is 17.8 Å². The highest BCUT2D eigenvalue weighted by Crippen LogP contribution is 2.27. The molecular weight excluding hydrogens is 374 g/mol. The second-order valence-corrected chi connectivity index (χ2v) is 7.39. The zero-order valence-corrected chi connectivity index (χ0v) is 16.1. The van der Waals surface area contributed by atoms with Gasteiger partial charge in [-0.15, -0.1) is 10.2 Å². The fourth-order valence-corrected chi connectivity index (χ4v) is 3.85. The van der Waals surface area contributed by atoms with Gasteiger partial charge < -0.3 is 10.1 Å². The van der Waals surface area contributed by atoms with Crippen LogP contribution in [0, 0.1) is 0 Å². The zero-order valence-electron chi connectivity index (χ0n) is 15.3. The van der Waals surface area contributed by atoms with Gasteiger partial charge in [0.15, 0.2) is 11.0 Å². The molecule has 4 rings (SSSR count). The van der Waals surface area contributed by atoms with Crippen molar-refractivity contribution >= 4 is 17.7 Å². The van der Waals surface area contributed by atoms with Gasteiger partial charge in [0.25, 0.3) is 0 Å². The summed E-state index contributed by atoms with van der Waals surface area (Å²) in [6.07, 6.45) is 5.68. The van der Waals surface area contributed by atoms with Crippen molar-refractivity contribution in [3.05, 3.63) is 54.9 Å². The van der Waals surface area contributed by atoms with Gasteiger partial charge in [-0.1, -0.05) is 30.0 Å². The topological polar surface area (TPSA) is 81.9 Å². The van der Waals surface area contributed by atoms with Crippen LogP contribution in [0.25, 0.3) is 17.1 Å². The first-order valence-corrected chi connectivity index (χ1v) is 10.2. The normalized spacial score (nSPS) is 16.2. The second kappa shape index (κ2) is 8.99. The monoisotopic (exact) mass is 395 g/mol. The maximum absolute atomic E-state index is 12.2. The van der Waals surface area contributed by atoms with Crippen LogP contribution >= 0.6 is 11.8 Å². The molecule has 2 aromatic heterocycles. The molecule has 1 aliphatic rings. The predicted octanol–water partition coefficient (Wildman–Crippen LogP) is 2.72. The number of amides is 1. The smallest absolute Gasteiger partial charge is 0.230 e. The van der Waals surface area contributed by atoms with Crippen molar-refractivity contribution in [2.75, 3.05) is 18.9 Å². The maximum atomic E-state index is 12.2. The molecular formula is C20H21N5O2S. The number of benzene rings is 1. The number of hydrogen-bond acceptors (Lipinski definition) is 6. The summed E-state index contributed by atoms with van der Waals surface area (Å²) in [5, 5.41) is 12.3. The minimum Gasteiger partial charge on any atom is -0.376 e. The minimum absolute atomic E-state index is 0.0361. The molecule has 1 saturated heterocycles. The van der Waals surface area contributed by atoms with Crippen LogP contribution in [0.5, 0.6) is 0 Å². The molecule has 0 bridgehead atoms. The number of rotatable bonds is 7. The van der Waals surface area contributed by atoms with Crippen molar-refractivity contribution in [1.82, 2.24) is 25.1 Å². The summed E-state index contributed by atoms with van der Waals surface area (Å²) >= 11 is 1.36. The van der Waals surface area contributed by atoms with Crippen LogP contribution < -0.4 is 5.32 Å². The fourth-order valence-electron chi connectivity index (χ4n) is 3.07. The molecule has 1 N–H and O–H groups in total. The number of thioether (sulfide) groups is 1. The van der Waals surface area contributed by atoms with E-state index in [4.69, 9.17) is 4.74 Å². The van der Waals surface area contributed by atoms with E-state index in [1.807, 2.05) is 47.0 Å². The van der Waals surface area contributed by atoms with Crippen LogP contribution in [-0.4, -0.2) is 50.7 Å². The van der Waals surface area contributed by atoms with Gasteiger partial charge in [0.2, 0.25) is 5.91 Å². The van der Waals surface area contributed by atoms with Gasteiger partial charge in [0.1, 0.15) is 0 Å². The Labute approximate surface area is 167 Å². The molecule has 0 saturated carbocycles. The molecule has 3 heterocycles. The molecule has 1 amide bonds. The molecule has 1 atom stereocenters. The summed E-state index contributed by atoms with van der Waals surface area (Å²) in [5.41, 5.74) is 1.81. The fraction of sp³-hybridized carbons (Fsp3) is 0.300. The Morgan fingerprint density at radius 3 is 2.86 bits per heavy atom. The molecule has 3 aromatic rings. The highest BCUT2D eigenvalue weighted by molar-refractivity contribution is 7.99. The third kappa shape index (κ3) is 4.40. The molecule has 0 spiro atoms. The zero-order chi connectivity index (χ0) is 19.2. The summed E-state index contributed by atoms with van der Waals surface area (Å²) in [7, 11) is 0. The lowest BCUT2D eigenvalue weighted by Gasteiger charge is -2.11. The average Bonchev–Trinajstić information content (AvgIpc) is 3.42. The lowest BCUT2D eigenvalue weighted by molar-refractivity contribution is -0.119. The molecule has 7 nitrogen and oxygen atoms in total. The van der Waals surface area contributed by atoms with Crippen molar-refractivity contribution in [3.8, 4) is 17.1 Å². The average molecular weight is 395 g/mol. The van der Waals surface area contributed by atoms with Crippen molar-refractivity contribution < 1.29 is 9.53 Å². The maximum Gasteiger partial charge on any atom is 0.230 e. The molecule has 28 heavy (non-hydrogen) atoms. The Hall–Kier alpha value is -2.71. The third-order valence-electron chi connectivity index (χ3n) is 4.45. The highest BCUT2D eigenvalue weighted by atomic mass is 32.2. The van der Waals surface area contributed by atoms with E-state index in [1.54, 1.807) is 12.4 Å². The van der Waals surface area contributed by atoms with Gasteiger partial charge in [-0.3, -0.25) is 14.3 Å². The first-order valence-electron chi connectivity index (χ1n) is 9.23. The van der Waals surface area contributed by atoms with E-state index >= 15 is 0 Å². The molecule has 1 aliphatic heterocycles. The molecule has 8 heteroatoms. The van der Waals surface area contributed by atoms with Crippen LogP contribution in [0.1, 0.15) is 12.8 Å². The summed E-state index contributed by atoms with van der Waals surface area (Å²) in [4.78, 5) is 16.4. The summed E-state index contributed by atoms with van der Waals surface area (Å²) in [6, 6.07) is 13.7. The Kier molecular flexibility index (Phi) is 5.98. The van der Waals surface area contributed by atoms with Gasteiger partial charge >= 0.3 is 0 Å². The Morgan fingerprint density at radius 1 is 1.21 bits per heavy atom. The van der Waals surface area contributed by atoms with E-state index in [0.29, 0.717) is 17.5 Å². The Morgan fingerprint density at radius 2 is 2.11 bits per heavy atom. The van der Waals surface area contributed by atoms with Gasteiger partial charge in [0.05, 0.1) is 11.9 Å². The summed E-state index contributed by atoms with van der Waals surface area (Å²) in [6.45, 7) is 1.35. The third-order valence-corrected chi connectivity index (χ3v) is 5.38. The Balaban J connectivity index is 1.50. The predicted molar refractivity (Wildman–Crippen MR) is 107 cm³/mol. The van der Waals surface area contributed by atoms with E-state index in [0.717, 1.165) is 30.7 Å². The number of nitrogens with zero attached hydrogens (tertiary/aromatic N) is 4. The first-order chi connectivity index (χ1) is 13.8. The molecule has 0 aliphatic carbocycles. The van der Waals surface area contributed by atoms with E-state index in [1.165, 1.54) is 11.8 Å². The van der Waals surface area contributed by atoms with E-state index < -0.39 is 0 Å².